The summed E-state index contributed by atoms with van der Waals surface area (Å²) in [6.07, 6.45) is 5.01. The van der Waals surface area contributed by atoms with Crippen LogP contribution in [0.2, 0.25) is 0 Å². The molecule has 0 saturated heterocycles. The molecule has 0 spiro atoms. The van der Waals surface area contributed by atoms with Crippen molar-refractivity contribution in [3.8, 4) is 0 Å². The van der Waals surface area contributed by atoms with Gasteiger partial charge in [-0.2, -0.15) is 0 Å². The first-order valence-corrected chi connectivity index (χ1v) is 8.45. The van der Waals surface area contributed by atoms with Crippen molar-refractivity contribution in [2.24, 2.45) is 17.8 Å². The Bertz CT molecular complexity index is 429. The van der Waals surface area contributed by atoms with Gasteiger partial charge in [0.05, 0.1) is 6.61 Å². The molecular weight excluding hydrogens is 258 g/mol. The van der Waals surface area contributed by atoms with Crippen LogP contribution in [0, 0.1) is 17.8 Å². The third-order valence-electron chi connectivity index (χ3n) is 4.96. The molecule has 1 N–H and O–H groups in total. The van der Waals surface area contributed by atoms with E-state index in [1.807, 2.05) is 0 Å². The number of hydrogen-bond acceptors (Lipinski definition) is 2. The van der Waals surface area contributed by atoms with Crippen molar-refractivity contribution in [3.63, 3.8) is 0 Å². The summed E-state index contributed by atoms with van der Waals surface area (Å²) in [6, 6.07) is 9.31. The fourth-order valence-electron chi connectivity index (χ4n) is 3.66. The van der Waals surface area contributed by atoms with Gasteiger partial charge in [-0.15, -0.1) is 0 Å². The number of para-hydroxylation sites is 1. The molecule has 1 aliphatic rings. The monoisotopic (exact) mass is 289 g/mol. The van der Waals surface area contributed by atoms with Gasteiger partial charge in [-0.1, -0.05) is 45.4 Å². The third kappa shape index (κ3) is 4.47. The number of nitrogens with one attached hydrogen (secondary N) is 1. The van der Waals surface area contributed by atoms with E-state index in [2.05, 4.69) is 50.4 Å². The van der Waals surface area contributed by atoms with Crippen molar-refractivity contribution in [1.29, 1.82) is 0 Å². The zero-order chi connectivity index (χ0) is 15.2. The lowest BCUT2D eigenvalue weighted by Gasteiger charge is -2.38. The van der Waals surface area contributed by atoms with Gasteiger partial charge in [-0.3, -0.25) is 0 Å². The van der Waals surface area contributed by atoms with E-state index >= 15 is 0 Å². The van der Waals surface area contributed by atoms with Gasteiger partial charge in [0, 0.05) is 18.8 Å². The summed E-state index contributed by atoms with van der Waals surface area (Å²) in [5.41, 5.74) is 2.68. The highest BCUT2D eigenvalue weighted by atomic mass is 16.5. The molecule has 118 valence electrons. The lowest BCUT2D eigenvalue weighted by atomic mass is 9.74. The standard InChI is InChI=1S/C19H31NO/c1-14(2)17-10-9-15(3)13-19(17)20-18-8-6-5-7-16(18)11-12-21-4/h5-8,14-15,17,19-20H,9-13H2,1-4H3. The fraction of sp³-hybridized carbons (Fsp3) is 0.684. The number of hydrogen-bond donors (Lipinski definition) is 1. The first-order valence-electron chi connectivity index (χ1n) is 8.45. The van der Waals surface area contributed by atoms with Crippen molar-refractivity contribution in [2.45, 2.75) is 52.5 Å². The zero-order valence-electron chi connectivity index (χ0n) is 14.1. The molecule has 1 aromatic rings. The Balaban J connectivity index is 2.11. The normalized spacial score (nSPS) is 26.0. The van der Waals surface area contributed by atoms with Gasteiger partial charge in [0.25, 0.3) is 0 Å². The lowest BCUT2D eigenvalue weighted by Crippen LogP contribution is -2.38. The summed E-state index contributed by atoms with van der Waals surface area (Å²) in [4.78, 5) is 0. The molecule has 2 heteroatoms. The van der Waals surface area contributed by atoms with E-state index in [1.165, 1.54) is 30.5 Å². The maximum atomic E-state index is 5.24. The van der Waals surface area contributed by atoms with Gasteiger partial charge < -0.3 is 10.1 Å². The number of rotatable bonds is 6. The van der Waals surface area contributed by atoms with E-state index in [9.17, 15) is 0 Å². The summed E-state index contributed by atoms with van der Waals surface area (Å²) in [7, 11) is 1.77. The van der Waals surface area contributed by atoms with Gasteiger partial charge in [0.2, 0.25) is 0 Å². The first kappa shape index (κ1) is 16.4. The van der Waals surface area contributed by atoms with Crippen molar-refractivity contribution in [3.05, 3.63) is 29.8 Å². The minimum absolute atomic E-state index is 0.609. The van der Waals surface area contributed by atoms with Crippen LogP contribution in [0.4, 0.5) is 5.69 Å². The largest absolute Gasteiger partial charge is 0.384 e. The molecule has 0 amide bonds. The van der Waals surface area contributed by atoms with Crippen LogP contribution in [0.25, 0.3) is 0 Å². The third-order valence-corrected chi connectivity index (χ3v) is 4.96. The number of anilines is 1. The van der Waals surface area contributed by atoms with Gasteiger partial charge in [0.15, 0.2) is 0 Å². The van der Waals surface area contributed by atoms with Crippen molar-refractivity contribution in [2.75, 3.05) is 19.0 Å². The molecule has 0 aromatic heterocycles. The van der Waals surface area contributed by atoms with E-state index in [4.69, 9.17) is 4.74 Å². The van der Waals surface area contributed by atoms with Crippen LogP contribution in [0.3, 0.4) is 0 Å². The Morgan fingerprint density at radius 3 is 2.71 bits per heavy atom. The predicted molar refractivity (Wildman–Crippen MR) is 90.8 cm³/mol. The number of ether oxygens (including phenoxy) is 1. The quantitative estimate of drug-likeness (QED) is 0.816. The van der Waals surface area contributed by atoms with Crippen LogP contribution in [-0.2, 0) is 11.2 Å². The molecule has 0 aliphatic heterocycles. The lowest BCUT2D eigenvalue weighted by molar-refractivity contribution is 0.202. The average Bonchev–Trinajstić information content (AvgIpc) is 2.46. The molecule has 2 nitrogen and oxygen atoms in total. The molecule has 21 heavy (non-hydrogen) atoms. The van der Waals surface area contributed by atoms with E-state index in [0.717, 1.165) is 30.8 Å². The smallest absolute Gasteiger partial charge is 0.0503 e. The van der Waals surface area contributed by atoms with Crippen molar-refractivity contribution < 1.29 is 4.74 Å². The SMILES string of the molecule is COCCc1ccccc1NC1CC(C)CCC1C(C)C. The maximum absolute atomic E-state index is 5.24. The molecule has 0 radical (unpaired) electrons. The van der Waals surface area contributed by atoms with Crippen LogP contribution < -0.4 is 5.32 Å². The van der Waals surface area contributed by atoms with Gasteiger partial charge >= 0.3 is 0 Å². The van der Waals surface area contributed by atoms with Crippen molar-refractivity contribution in [1.82, 2.24) is 0 Å². The zero-order valence-corrected chi connectivity index (χ0v) is 14.1. The summed E-state index contributed by atoms with van der Waals surface area (Å²) in [5, 5.41) is 3.86. The molecule has 3 unspecified atom stereocenters. The summed E-state index contributed by atoms with van der Waals surface area (Å²) in [6.45, 7) is 7.91. The van der Waals surface area contributed by atoms with Gasteiger partial charge in [0.1, 0.15) is 0 Å². The Labute approximate surface area is 130 Å². The highest BCUT2D eigenvalue weighted by Crippen LogP contribution is 2.35. The van der Waals surface area contributed by atoms with Gasteiger partial charge in [-0.25, -0.2) is 0 Å². The second kappa shape index (κ2) is 7.84. The van der Waals surface area contributed by atoms with Crippen molar-refractivity contribution >= 4 is 5.69 Å². The van der Waals surface area contributed by atoms with Crippen LogP contribution in [-0.4, -0.2) is 19.8 Å². The predicted octanol–water partition coefficient (Wildman–Crippen LogP) is 4.75. The van der Waals surface area contributed by atoms with E-state index in [0.29, 0.717) is 6.04 Å². The second-order valence-electron chi connectivity index (χ2n) is 6.98. The fourth-order valence-corrected chi connectivity index (χ4v) is 3.66. The minimum Gasteiger partial charge on any atom is -0.384 e. The number of methoxy groups -OCH3 is 1. The summed E-state index contributed by atoms with van der Waals surface area (Å²) in [5.74, 6) is 2.38. The molecule has 1 saturated carbocycles. The van der Waals surface area contributed by atoms with Crippen LogP contribution in [0.5, 0.6) is 0 Å². The summed E-state index contributed by atoms with van der Waals surface area (Å²) < 4.78 is 5.24. The first-order chi connectivity index (χ1) is 10.1. The molecule has 2 rings (SSSR count). The average molecular weight is 289 g/mol. The minimum atomic E-state index is 0.609. The Morgan fingerprint density at radius 2 is 2.00 bits per heavy atom. The van der Waals surface area contributed by atoms with Crippen LogP contribution >= 0.6 is 0 Å². The van der Waals surface area contributed by atoms with E-state index < -0.39 is 0 Å². The highest BCUT2D eigenvalue weighted by molar-refractivity contribution is 5.52. The Hall–Kier alpha value is -1.02. The number of benzene rings is 1. The van der Waals surface area contributed by atoms with Gasteiger partial charge in [-0.05, 0) is 48.6 Å². The highest BCUT2D eigenvalue weighted by Gasteiger charge is 2.30. The van der Waals surface area contributed by atoms with E-state index in [-0.39, 0.29) is 0 Å². The Morgan fingerprint density at radius 1 is 1.24 bits per heavy atom. The molecule has 1 aliphatic carbocycles. The van der Waals surface area contributed by atoms with Crippen LogP contribution in [0.1, 0.15) is 45.6 Å². The Kier molecular flexibility index (Phi) is 6.10. The summed E-state index contributed by atoms with van der Waals surface area (Å²) >= 11 is 0. The molecule has 0 heterocycles. The molecule has 1 fully saturated rings. The van der Waals surface area contributed by atoms with Crippen LogP contribution in [0.15, 0.2) is 24.3 Å². The van der Waals surface area contributed by atoms with E-state index in [1.54, 1.807) is 7.11 Å². The topological polar surface area (TPSA) is 21.3 Å². The molecule has 0 bridgehead atoms. The molecule has 3 atom stereocenters. The molecular formula is C19H31NO. The molecule has 1 aromatic carbocycles. The maximum Gasteiger partial charge on any atom is 0.0503 e. The second-order valence-corrected chi connectivity index (χ2v) is 6.98.